The van der Waals surface area contributed by atoms with E-state index in [4.69, 9.17) is 11.6 Å². The van der Waals surface area contributed by atoms with Crippen molar-refractivity contribution in [2.45, 2.75) is 12.5 Å². The number of nitrogens with one attached hydrogen (secondary N) is 1. The zero-order chi connectivity index (χ0) is 14.4. The fourth-order valence-electron chi connectivity index (χ4n) is 3.35. The maximum Gasteiger partial charge on any atom is 0.227 e. The van der Waals surface area contributed by atoms with Gasteiger partial charge in [-0.2, -0.15) is 0 Å². The van der Waals surface area contributed by atoms with E-state index in [1.54, 1.807) is 0 Å². The molecule has 0 saturated carbocycles. The van der Waals surface area contributed by atoms with Crippen LogP contribution >= 0.6 is 11.6 Å². The van der Waals surface area contributed by atoms with Crippen LogP contribution in [0.1, 0.15) is 22.7 Å². The minimum Gasteiger partial charge on any atom is -0.383 e. The second-order valence-electron chi connectivity index (χ2n) is 5.52. The lowest BCUT2D eigenvalue weighted by molar-refractivity contribution is -0.132. The van der Waals surface area contributed by atoms with E-state index >= 15 is 0 Å². The summed E-state index contributed by atoms with van der Waals surface area (Å²) in [7, 11) is 0. The number of carbonyl (C=O) groups excluding carboxylic acids is 1. The third kappa shape index (κ3) is 2.00. The van der Waals surface area contributed by atoms with E-state index in [0.717, 1.165) is 33.9 Å². The molecule has 2 aromatic rings. The summed E-state index contributed by atoms with van der Waals surface area (Å²) in [6, 6.07) is 14.0. The van der Waals surface area contributed by atoms with Crippen molar-refractivity contribution in [2.75, 3.05) is 18.4 Å². The second-order valence-corrected chi connectivity index (χ2v) is 5.96. The van der Waals surface area contributed by atoms with E-state index in [2.05, 4.69) is 17.4 Å². The Kier molecular flexibility index (Phi) is 2.89. The second kappa shape index (κ2) is 4.78. The molecular formula is C17H15ClN2O. The lowest BCUT2D eigenvalue weighted by atomic mass is 9.87. The van der Waals surface area contributed by atoms with Gasteiger partial charge >= 0.3 is 0 Å². The summed E-state index contributed by atoms with van der Waals surface area (Å²) in [5.74, 6) is 0.188. The van der Waals surface area contributed by atoms with Crippen molar-refractivity contribution in [3.63, 3.8) is 0 Å². The smallest absolute Gasteiger partial charge is 0.227 e. The number of amides is 1. The van der Waals surface area contributed by atoms with Crippen molar-refractivity contribution in [3.05, 3.63) is 64.2 Å². The summed E-state index contributed by atoms with van der Waals surface area (Å²) in [5, 5.41) is 4.14. The highest BCUT2D eigenvalue weighted by atomic mass is 35.5. The Hall–Kier alpha value is -2.00. The molecule has 1 atom stereocenters. The first-order chi connectivity index (χ1) is 10.2. The third-order valence-corrected chi connectivity index (χ3v) is 4.53. The average molecular weight is 299 g/mol. The molecule has 4 rings (SSSR count). The number of halogens is 1. The molecule has 3 nitrogen and oxygen atoms in total. The Labute approximate surface area is 128 Å². The Morgan fingerprint density at radius 2 is 2.00 bits per heavy atom. The first-order valence-corrected chi connectivity index (χ1v) is 7.52. The Bertz CT molecular complexity index is 728. The number of rotatable bonds is 0. The van der Waals surface area contributed by atoms with Gasteiger partial charge in [0, 0.05) is 29.4 Å². The van der Waals surface area contributed by atoms with Crippen LogP contribution in [-0.4, -0.2) is 23.9 Å². The quantitative estimate of drug-likeness (QED) is 0.810. The number of benzene rings is 2. The number of anilines is 1. The topological polar surface area (TPSA) is 32.3 Å². The summed E-state index contributed by atoms with van der Waals surface area (Å²) < 4.78 is 0. The van der Waals surface area contributed by atoms with Crippen LogP contribution in [0.15, 0.2) is 42.5 Å². The van der Waals surface area contributed by atoms with Gasteiger partial charge in [-0.1, -0.05) is 35.9 Å². The molecule has 0 aromatic heterocycles. The van der Waals surface area contributed by atoms with Gasteiger partial charge in [-0.25, -0.2) is 0 Å². The molecule has 2 aliphatic heterocycles. The summed E-state index contributed by atoms with van der Waals surface area (Å²) in [6.07, 6.45) is 0.463. The highest BCUT2D eigenvalue weighted by Crippen LogP contribution is 2.40. The van der Waals surface area contributed by atoms with E-state index in [0.29, 0.717) is 13.0 Å². The fourth-order valence-corrected chi connectivity index (χ4v) is 3.53. The molecule has 2 aromatic carbocycles. The average Bonchev–Trinajstić information content (AvgIpc) is 2.68. The monoisotopic (exact) mass is 298 g/mol. The number of carbonyl (C=O) groups is 1. The molecule has 2 heterocycles. The van der Waals surface area contributed by atoms with Gasteiger partial charge in [-0.15, -0.1) is 0 Å². The number of para-hydroxylation sites is 1. The van der Waals surface area contributed by atoms with Crippen molar-refractivity contribution in [2.24, 2.45) is 0 Å². The molecule has 0 aliphatic carbocycles. The fraction of sp³-hybridized carbons (Fsp3) is 0.235. The van der Waals surface area contributed by atoms with Crippen LogP contribution in [0.4, 0.5) is 5.69 Å². The molecule has 1 N–H and O–H groups in total. The normalized spacial score (nSPS) is 20.0. The molecule has 0 saturated heterocycles. The largest absolute Gasteiger partial charge is 0.383 e. The van der Waals surface area contributed by atoms with Crippen molar-refractivity contribution in [1.82, 2.24) is 4.90 Å². The lowest BCUT2D eigenvalue weighted by Crippen LogP contribution is -2.41. The molecule has 0 bridgehead atoms. The minimum atomic E-state index is -0.0360. The van der Waals surface area contributed by atoms with E-state index in [1.165, 1.54) is 0 Å². The van der Waals surface area contributed by atoms with Gasteiger partial charge in [0.15, 0.2) is 0 Å². The van der Waals surface area contributed by atoms with Crippen LogP contribution in [0.2, 0.25) is 5.02 Å². The first kappa shape index (κ1) is 12.7. The molecule has 1 amide bonds. The van der Waals surface area contributed by atoms with Crippen LogP contribution in [0, 0.1) is 0 Å². The van der Waals surface area contributed by atoms with E-state index in [9.17, 15) is 4.79 Å². The van der Waals surface area contributed by atoms with Crippen LogP contribution in [0.3, 0.4) is 0 Å². The van der Waals surface area contributed by atoms with Crippen molar-refractivity contribution in [1.29, 1.82) is 0 Å². The number of hydrogen-bond acceptors (Lipinski definition) is 2. The molecule has 106 valence electrons. The molecule has 0 fully saturated rings. The maximum absolute atomic E-state index is 12.5. The van der Waals surface area contributed by atoms with Crippen molar-refractivity contribution in [3.8, 4) is 0 Å². The zero-order valence-corrected chi connectivity index (χ0v) is 12.2. The molecule has 4 heteroatoms. The number of fused-ring (bicyclic) bond motifs is 5. The summed E-state index contributed by atoms with van der Waals surface area (Å²) in [4.78, 5) is 14.5. The number of hydrogen-bond donors (Lipinski definition) is 1. The summed E-state index contributed by atoms with van der Waals surface area (Å²) in [5.41, 5.74) is 4.48. The molecule has 0 radical (unpaired) electrons. The Balaban J connectivity index is 1.96. The highest BCUT2D eigenvalue weighted by Gasteiger charge is 2.35. The Morgan fingerprint density at radius 3 is 2.90 bits per heavy atom. The van der Waals surface area contributed by atoms with Crippen molar-refractivity contribution < 1.29 is 4.79 Å². The molecule has 21 heavy (non-hydrogen) atoms. The van der Waals surface area contributed by atoms with Gasteiger partial charge in [-0.05, 0) is 29.3 Å². The predicted molar refractivity (Wildman–Crippen MR) is 83.6 cm³/mol. The SMILES string of the molecule is O=C1Cc2ccc(Cl)cc2[C@H]2c3ccccc3NCCN12. The molecule has 0 unspecified atom stereocenters. The van der Waals surface area contributed by atoms with Gasteiger partial charge in [-0.3, -0.25) is 4.79 Å². The number of nitrogens with zero attached hydrogens (tertiary/aromatic N) is 1. The van der Waals surface area contributed by atoms with Gasteiger partial charge in [0.2, 0.25) is 5.91 Å². The zero-order valence-electron chi connectivity index (χ0n) is 11.5. The first-order valence-electron chi connectivity index (χ1n) is 7.14. The van der Waals surface area contributed by atoms with E-state index < -0.39 is 0 Å². The van der Waals surface area contributed by atoms with Gasteiger partial charge in [0.1, 0.15) is 0 Å². The van der Waals surface area contributed by atoms with Crippen LogP contribution in [0.25, 0.3) is 0 Å². The van der Waals surface area contributed by atoms with Crippen LogP contribution < -0.4 is 5.32 Å². The van der Waals surface area contributed by atoms with E-state index in [-0.39, 0.29) is 11.9 Å². The van der Waals surface area contributed by atoms with Crippen LogP contribution in [0.5, 0.6) is 0 Å². The van der Waals surface area contributed by atoms with Gasteiger partial charge < -0.3 is 10.2 Å². The van der Waals surface area contributed by atoms with Crippen molar-refractivity contribution >= 4 is 23.2 Å². The summed E-state index contributed by atoms with van der Waals surface area (Å²) in [6.45, 7) is 1.49. The third-order valence-electron chi connectivity index (χ3n) is 4.30. The maximum atomic E-state index is 12.5. The lowest BCUT2D eigenvalue weighted by Gasteiger charge is -2.36. The van der Waals surface area contributed by atoms with E-state index in [1.807, 2.05) is 35.2 Å². The van der Waals surface area contributed by atoms with Gasteiger partial charge in [0.25, 0.3) is 0 Å². The highest BCUT2D eigenvalue weighted by molar-refractivity contribution is 6.30. The molecule has 0 spiro atoms. The van der Waals surface area contributed by atoms with Crippen LogP contribution in [-0.2, 0) is 11.2 Å². The standard InChI is InChI=1S/C17H15ClN2O/c18-12-6-5-11-9-16(21)20-8-7-19-15-4-2-1-3-13(15)17(20)14(11)10-12/h1-6,10,17,19H,7-9H2/t17-/m1/s1. The minimum absolute atomic E-state index is 0.0360. The molecular weight excluding hydrogens is 284 g/mol. The summed E-state index contributed by atoms with van der Waals surface area (Å²) >= 11 is 6.19. The predicted octanol–water partition coefficient (Wildman–Crippen LogP) is 3.24. The molecule has 2 aliphatic rings. The Morgan fingerprint density at radius 1 is 1.14 bits per heavy atom. The van der Waals surface area contributed by atoms with Gasteiger partial charge in [0.05, 0.1) is 12.5 Å².